The Labute approximate surface area is 419 Å². The van der Waals surface area contributed by atoms with Crippen LogP contribution in [-0.4, -0.2) is 112 Å². The first-order valence-corrected chi connectivity index (χ1v) is 26.4. The van der Waals surface area contributed by atoms with Crippen molar-refractivity contribution in [3.05, 3.63) is 70.8 Å². The number of unbranched alkanes of at least 4 members (excludes halogenated alkanes) is 18. The van der Waals surface area contributed by atoms with Crippen LogP contribution in [0.5, 0.6) is 0 Å². The van der Waals surface area contributed by atoms with Crippen molar-refractivity contribution in [3.8, 4) is 0 Å². The van der Waals surface area contributed by atoms with Crippen LogP contribution in [0.25, 0.3) is 0 Å². The third-order valence-electron chi connectivity index (χ3n) is 10.4. The minimum atomic E-state index is -4.81. The van der Waals surface area contributed by atoms with Gasteiger partial charge in [-0.25, -0.2) is 36.0 Å². The predicted octanol–water partition coefficient (Wildman–Crippen LogP) is 10.8. The van der Waals surface area contributed by atoms with Crippen LogP contribution in [0.1, 0.15) is 223 Å². The Morgan fingerprint density at radius 1 is 0.415 bits per heavy atom. The number of rotatable bonds is 34. The summed E-state index contributed by atoms with van der Waals surface area (Å²) >= 11 is 0. The molecule has 0 fully saturated rings. The summed E-state index contributed by atoms with van der Waals surface area (Å²) < 4.78 is 88.2. The fourth-order valence-corrected chi connectivity index (χ4v) is 8.16. The van der Waals surface area contributed by atoms with Crippen molar-refractivity contribution in [1.82, 2.24) is 0 Å². The van der Waals surface area contributed by atoms with Crippen LogP contribution in [0.3, 0.4) is 0 Å². The van der Waals surface area contributed by atoms with Crippen molar-refractivity contribution in [3.63, 3.8) is 0 Å². The van der Waals surface area contributed by atoms with Gasteiger partial charge in [-0.3, -0.25) is 0 Å². The first-order valence-electron chi connectivity index (χ1n) is 23.5. The molecule has 2 unspecified atom stereocenters. The smallest absolute Gasteiger partial charge is 0.745 e. The van der Waals surface area contributed by atoms with Gasteiger partial charge in [0.25, 0.3) is 0 Å². The first kappa shape index (κ1) is 62.4. The number of benzene rings is 2. The van der Waals surface area contributed by atoms with Crippen LogP contribution in [-0.2, 0) is 39.2 Å². The molecule has 0 aliphatic heterocycles. The van der Waals surface area contributed by atoms with Gasteiger partial charge in [0.05, 0.1) is 35.5 Å². The molecule has 14 nitrogen and oxygen atoms in total. The topological polar surface area (TPSA) is 220 Å². The number of hydrogen-bond donors (Lipinski definition) is 0. The molecule has 0 radical (unpaired) electrons. The molecule has 0 saturated carbocycles. The van der Waals surface area contributed by atoms with Gasteiger partial charge in [0.15, 0.2) is 10.9 Å². The van der Waals surface area contributed by atoms with Crippen LogP contribution in [0, 0.1) is 0 Å². The average Bonchev–Trinajstić information content (AvgIpc) is 3.26. The first-order chi connectivity index (χ1) is 30.6. The molecule has 0 heterocycles. The fourth-order valence-electron chi connectivity index (χ4n) is 6.70. The van der Waals surface area contributed by atoms with Crippen molar-refractivity contribution < 1.29 is 64.1 Å². The molecule has 0 spiro atoms. The van der Waals surface area contributed by atoms with Gasteiger partial charge in [-0.2, -0.15) is 0 Å². The third-order valence-corrected chi connectivity index (χ3v) is 12.3. The maximum atomic E-state index is 12.4. The van der Waals surface area contributed by atoms with E-state index < -0.39 is 55.0 Å². The molecule has 0 aromatic heterocycles. The number of ether oxygens (including phenoxy) is 4. The summed E-state index contributed by atoms with van der Waals surface area (Å²) in [6.07, 6.45) is 23.8. The van der Waals surface area contributed by atoms with E-state index in [9.17, 15) is 45.1 Å². The van der Waals surface area contributed by atoms with Crippen LogP contribution in [0.15, 0.2) is 48.5 Å². The van der Waals surface area contributed by atoms with E-state index in [0.29, 0.717) is 12.8 Å². The van der Waals surface area contributed by atoms with Gasteiger partial charge in [-0.05, 0) is 49.9 Å². The fraction of sp³-hybridized carbons (Fsp3) is 0.667. The maximum Gasteiger partial charge on any atom is 2.00 e. The van der Waals surface area contributed by atoms with Crippen molar-refractivity contribution in [1.29, 1.82) is 0 Å². The Hall–Kier alpha value is -2.60. The van der Waals surface area contributed by atoms with E-state index in [1.165, 1.54) is 126 Å². The zero-order valence-corrected chi connectivity index (χ0v) is 43.2. The zero-order chi connectivity index (χ0) is 47.6. The Kier molecular flexibility index (Phi) is 35.9. The van der Waals surface area contributed by atoms with Gasteiger partial charge in [0.1, 0.15) is 20.2 Å². The quantitative estimate of drug-likeness (QED) is 0.0209. The van der Waals surface area contributed by atoms with Crippen LogP contribution in [0.4, 0.5) is 0 Å². The summed E-state index contributed by atoms with van der Waals surface area (Å²) in [6, 6.07) is 11.7. The van der Waals surface area contributed by atoms with Crippen molar-refractivity contribution in [2.45, 2.75) is 193 Å². The molecule has 0 saturated heterocycles. The number of carbonyl (C=O) groups is 4. The van der Waals surface area contributed by atoms with E-state index in [1.54, 1.807) is 26.0 Å². The van der Waals surface area contributed by atoms with E-state index in [0.717, 1.165) is 38.5 Å². The van der Waals surface area contributed by atoms with Crippen molar-refractivity contribution in [2.24, 2.45) is 0 Å². The Morgan fingerprint density at radius 3 is 0.908 bits per heavy atom. The summed E-state index contributed by atoms with van der Waals surface area (Å²) in [5, 5.41) is 0. The Balaban J connectivity index is 0.00000124. The second-order valence-electron chi connectivity index (χ2n) is 16.0. The molecule has 0 aliphatic rings. The van der Waals surface area contributed by atoms with Crippen LogP contribution >= 0.6 is 0 Å². The average molecular weight is 979 g/mol. The second kappa shape index (κ2) is 37.4. The van der Waals surface area contributed by atoms with Crippen LogP contribution in [0.2, 0.25) is 0 Å². The molecule has 2 aromatic carbocycles. The molecule has 2 atom stereocenters. The third kappa shape index (κ3) is 28.4. The summed E-state index contributed by atoms with van der Waals surface area (Å²) in [5.74, 6) is -3.42. The minimum absolute atomic E-state index is 0. The number of carbonyl (C=O) groups excluding carboxylic acids is 4. The number of hydrogen-bond acceptors (Lipinski definition) is 14. The summed E-state index contributed by atoms with van der Waals surface area (Å²) in [6.45, 7) is 8.25. The van der Waals surface area contributed by atoms with Gasteiger partial charge in [0.2, 0.25) is 0 Å². The molecule has 0 N–H and O–H groups in total. The number of esters is 4. The summed E-state index contributed by atoms with van der Waals surface area (Å²) in [7, 11) is -9.61. The SMILES string of the molecule is CCCCCCCCCCCCOC(=O)c1ccccc1C(=O)OC(CCC)S(=O)(=O)[O-].CCCCCCCCCCCCOC(=O)c1ccccc1C(=O)OC(CCC)S(=O)(=O)[O-].[Ca+2]. The molecule has 2 rings (SSSR count). The molecule has 17 heteroatoms. The largest absolute Gasteiger partial charge is 2.00 e. The van der Waals surface area contributed by atoms with Crippen LogP contribution < -0.4 is 0 Å². The van der Waals surface area contributed by atoms with E-state index in [2.05, 4.69) is 13.8 Å². The standard InChI is InChI=1S/2C24H38O7S.Ca/c2*1-3-5-6-7-8-9-10-11-12-15-19-30-23(25)20-17-13-14-18-21(20)24(26)31-22(16-4-2)32(27,28)29;/h2*13-14,17-18,22H,3-12,15-16,19H2,1-2H3,(H,27,28,29);/q;;+2/p-2. The zero-order valence-electron chi connectivity index (χ0n) is 39.4. The molecular formula is C48H74CaO14S2. The van der Waals surface area contributed by atoms with E-state index in [-0.39, 0.29) is 86.0 Å². The van der Waals surface area contributed by atoms with E-state index in [4.69, 9.17) is 18.9 Å². The molecular weight excluding hydrogens is 905 g/mol. The normalized spacial score (nSPS) is 12.2. The van der Waals surface area contributed by atoms with E-state index >= 15 is 0 Å². The Morgan fingerprint density at radius 2 is 0.662 bits per heavy atom. The molecule has 0 aliphatic carbocycles. The van der Waals surface area contributed by atoms with E-state index in [1.807, 2.05) is 0 Å². The monoisotopic (exact) mass is 978 g/mol. The predicted molar refractivity (Wildman–Crippen MR) is 251 cm³/mol. The van der Waals surface area contributed by atoms with Gasteiger partial charge in [-0.15, -0.1) is 0 Å². The van der Waals surface area contributed by atoms with Gasteiger partial charge < -0.3 is 28.1 Å². The molecule has 65 heavy (non-hydrogen) atoms. The minimum Gasteiger partial charge on any atom is -0.745 e. The summed E-state index contributed by atoms with van der Waals surface area (Å²) in [4.78, 5) is 49.7. The maximum absolute atomic E-state index is 12.4. The Bertz CT molecular complexity index is 1720. The van der Waals surface area contributed by atoms with Crippen molar-refractivity contribution >= 4 is 81.9 Å². The molecule has 0 bridgehead atoms. The molecule has 0 amide bonds. The second-order valence-corrected chi connectivity index (χ2v) is 19.0. The van der Waals surface area contributed by atoms with Gasteiger partial charge >= 0.3 is 61.6 Å². The molecule has 364 valence electrons. The molecule has 2 aromatic rings. The van der Waals surface area contributed by atoms with Crippen molar-refractivity contribution in [2.75, 3.05) is 13.2 Å². The summed E-state index contributed by atoms with van der Waals surface area (Å²) in [5.41, 5.74) is -3.83. The van der Waals surface area contributed by atoms with Gasteiger partial charge in [-0.1, -0.05) is 180 Å². The van der Waals surface area contributed by atoms with Gasteiger partial charge in [0, 0.05) is 0 Å².